The zero-order chi connectivity index (χ0) is 28.2. The number of nitrogens with one attached hydrogen (secondary N) is 1. The summed E-state index contributed by atoms with van der Waals surface area (Å²) in [5.41, 5.74) is 5.93. The highest BCUT2D eigenvalue weighted by Crippen LogP contribution is 2.68. The Morgan fingerprint density at radius 1 is 1.15 bits per heavy atom. The van der Waals surface area contributed by atoms with Crippen molar-refractivity contribution in [3.05, 3.63) is 71.6 Å². The summed E-state index contributed by atoms with van der Waals surface area (Å²) < 4.78 is 62.0. The number of ether oxygens (including phenoxy) is 1. The number of aliphatic imine (C=N–C) groups is 1. The Morgan fingerprint density at radius 2 is 1.95 bits per heavy atom. The second-order valence-corrected chi connectivity index (χ2v) is 11.2. The van der Waals surface area contributed by atoms with E-state index in [1.807, 2.05) is 6.92 Å². The number of hydrogen-bond donors (Lipinski definition) is 2. The van der Waals surface area contributed by atoms with Crippen LogP contribution < -0.4 is 15.8 Å². The average molecular weight is 571 g/mol. The highest BCUT2D eigenvalue weighted by molar-refractivity contribution is 8.15. The smallest absolute Gasteiger partial charge is 0.253 e. The number of aromatic nitrogens is 5. The number of nitrogens with zero attached hydrogens (tertiary/aromatic N) is 6. The highest BCUT2D eigenvalue weighted by atomic mass is 32.2. The van der Waals surface area contributed by atoms with Gasteiger partial charge in [-0.05, 0) is 38.5 Å². The lowest BCUT2D eigenvalue weighted by Gasteiger charge is -2.34. The van der Waals surface area contributed by atoms with Crippen molar-refractivity contribution >= 4 is 39.5 Å². The van der Waals surface area contributed by atoms with Gasteiger partial charge in [-0.25, -0.2) is 42.5 Å². The molecular weight excluding hydrogens is 548 g/mol. The molecule has 2 aliphatic rings. The van der Waals surface area contributed by atoms with E-state index in [1.54, 1.807) is 18.3 Å². The largest absolute Gasteiger partial charge is 0.468 e. The first kappa shape index (κ1) is 26.2. The number of amidine groups is 1. The number of hydrogen-bond acceptors (Lipinski definition) is 10. The third-order valence-corrected chi connectivity index (χ3v) is 8.42. The van der Waals surface area contributed by atoms with Gasteiger partial charge in [0.05, 0.1) is 22.0 Å². The lowest BCUT2D eigenvalue weighted by molar-refractivity contribution is 0.123. The van der Waals surface area contributed by atoms with Crippen LogP contribution in [0.15, 0.2) is 47.8 Å². The van der Waals surface area contributed by atoms with Gasteiger partial charge >= 0.3 is 0 Å². The second kappa shape index (κ2) is 9.54. The van der Waals surface area contributed by atoms with Gasteiger partial charge in [-0.3, -0.25) is 4.99 Å². The van der Waals surface area contributed by atoms with Crippen LogP contribution in [0.1, 0.15) is 30.4 Å². The van der Waals surface area contributed by atoms with Crippen molar-refractivity contribution < 1.29 is 22.3 Å². The van der Waals surface area contributed by atoms with Crippen LogP contribution in [-0.2, 0) is 12.1 Å². The molecule has 9 nitrogen and oxygen atoms in total. The molecule has 0 radical (unpaired) electrons. The van der Waals surface area contributed by atoms with Gasteiger partial charge < -0.3 is 15.8 Å². The van der Waals surface area contributed by atoms with Gasteiger partial charge in [0.25, 0.3) is 6.43 Å². The molecule has 0 spiro atoms. The SMILES string of the molecule is Cc1ccnc(COc2cnc3c(Nc4cc(F)c(F)c([C@@]5(C)N=C(N)S[C@@]6(C(F)F)CC65)c4)nccc3n2)n1. The molecule has 1 aliphatic heterocycles. The van der Waals surface area contributed by atoms with E-state index in [-0.39, 0.29) is 41.1 Å². The molecule has 6 rings (SSSR count). The topological polar surface area (TPSA) is 124 Å². The van der Waals surface area contributed by atoms with Crippen molar-refractivity contribution in [2.24, 2.45) is 16.6 Å². The molecule has 0 saturated heterocycles. The maximum atomic E-state index is 15.1. The molecule has 1 aromatic carbocycles. The Morgan fingerprint density at radius 3 is 2.73 bits per heavy atom. The minimum atomic E-state index is -2.69. The van der Waals surface area contributed by atoms with E-state index in [4.69, 9.17) is 10.5 Å². The third-order valence-electron chi connectivity index (χ3n) is 7.11. The molecule has 3 atom stereocenters. The summed E-state index contributed by atoms with van der Waals surface area (Å²) >= 11 is 0.793. The molecule has 1 saturated carbocycles. The summed E-state index contributed by atoms with van der Waals surface area (Å²) in [5.74, 6) is -2.12. The number of anilines is 2. The van der Waals surface area contributed by atoms with E-state index in [2.05, 4.69) is 35.2 Å². The van der Waals surface area contributed by atoms with Crippen LogP contribution in [0.25, 0.3) is 11.0 Å². The molecule has 1 unspecified atom stereocenters. The maximum Gasteiger partial charge on any atom is 0.253 e. The molecule has 0 bridgehead atoms. The van der Waals surface area contributed by atoms with Crippen molar-refractivity contribution in [2.75, 3.05) is 5.32 Å². The van der Waals surface area contributed by atoms with Crippen LogP contribution in [0.2, 0.25) is 0 Å². The number of pyridine rings is 1. The molecule has 4 aromatic rings. The van der Waals surface area contributed by atoms with Gasteiger partial charge in [0, 0.05) is 41.3 Å². The first-order valence-corrected chi connectivity index (χ1v) is 13.0. The zero-order valence-corrected chi connectivity index (χ0v) is 22.0. The average Bonchev–Trinajstić information content (AvgIpc) is 3.66. The molecule has 1 fully saturated rings. The number of nitrogens with two attached hydrogens (primary N) is 1. The minimum absolute atomic E-state index is 0.0790. The van der Waals surface area contributed by atoms with Crippen molar-refractivity contribution in [2.45, 2.75) is 43.6 Å². The van der Waals surface area contributed by atoms with E-state index in [1.165, 1.54) is 25.4 Å². The molecule has 3 N–H and O–H groups in total. The molecular formula is C26H22F4N8OS. The quantitative estimate of drug-likeness (QED) is 0.295. The summed E-state index contributed by atoms with van der Waals surface area (Å²) in [6, 6.07) is 5.69. The highest BCUT2D eigenvalue weighted by Gasteiger charge is 2.71. The predicted octanol–water partition coefficient (Wildman–Crippen LogP) is 5.02. The van der Waals surface area contributed by atoms with Crippen molar-refractivity contribution in [3.63, 3.8) is 0 Å². The molecule has 14 heteroatoms. The first-order valence-electron chi connectivity index (χ1n) is 12.2. The van der Waals surface area contributed by atoms with E-state index >= 15 is 4.39 Å². The molecule has 0 amide bonds. The number of rotatable bonds is 7. The van der Waals surface area contributed by atoms with Gasteiger partial charge in [0.1, 0.15) is 12.1 Å². The lowest BCUT2D eigenvalue weighted by Crippen LogP contribution is -2.39. The van der Waals surface area contributed by atoms with Crippen LogP contribution in [0.4, 0.5) is 29.1 Å². The Balaban J connectivity index is 1.30. The summed E-state index contributed by atoms with van der Waals surface area (Å²) in [6.07, 6.45) is 1.89. The van der Waals surface area contributed by atoms with E-state index in [0.29, 0.717) is 16.9 Å². The number of fused-ring (bicyclic) bond motifs is 2. The zero-order valence-electron chi connectivity index (χ0n) is 21.2. The van der Waals surface area contributed by atoms with Gasteiger partial charge in [-0.15, -0.1) is 0 Å². The van der Waals surface area contributed by atoms with E-state index in [9.17, 15) is 13.2 Å². The van der Waals surface area contributed by atoms with Gasteiger partial charge in [0.15, 0.2) is 28.4 Å². The Hall–Kier alpha value is -4.07. The Labute approximate surface area is 229 Å². The second-order valence-electron chi connectivity index (χ2n) is 9.80. The van der Waals surface area contributed by atoms with Crippen LogP contribution >= 0.6 is 11.8 Å². The molecule has 3 aromatic heterocycles. The van der Waals surface area contributed by atoms with E-state index < -0.39 is 34.3 Å². The monoisotopic (exact) mass is 570 g/mol. The molecule has 4 heterocycles. The number of alkyl halides is 2. The van der Waals surface area contributed by atoms with Crippen LogP contribution in [-0.4, -0.2) is 41.3 Å². The fraction of sp³-hybridized carbons (Fsp3) is 0.308. The maximum absolute atomic E-state index is 15.1. The van der Waals surface area contributed by atoms with Crippen LogP contribution in [0, 0.1) is 24.5 Å². The van der Waals surface area contributed by atoms with Gasteiger partial charge in [-0.1, -0.05) is 11.8 Å². The predicted molar refractivity (Wildman–Crippen MR) is 141 cm³/mol. The Kier molecular flexibility index (Phi) is 6.24. The van der Waals surface area contributed by atoms with Crippen molar-refractivity contribution in [3.8, 4) is 5.88 Å². The lowest BCUT2D eigenvalue weighted by atomic mass is 9.85. The van der Waals surface area contributed by atoms with Crippen molar-refractivity contribution in [1.82, 2.24) is 24.9 Å². The number of halogens is 4. The number of aryl methyl sites for hydroxylation is 1. The number of benzene rings is 1. The van der Waals surface area contributed by atoms with E-state index in [0.717, 1.165) is 23.5 Å². The molecule has 40 heavy (non-hydrogen) atoms. The van der Waals surface area contributed by atoms with Crippen molar-refractivity contribution in [1.29, 1.82) is 0 Å². The number of thioether (sulfide) groups is 1. The fourth-order valence-corrected chi connectivity index (χ4v) is 6.41. The van der Waals surface area contributed by atoms with Gasteiger partial charge in [-0.2, -0.15) is 0 Å². The van der Waals surface area contributed by atoms with Gasteiger partial charge in [0.2, 0.25) is 5.88 Å². The fourth-order valence-electron chi connectivity index (χ4n) is 5.07. The summed E-state index contributed by atoms with van der Waals surface area (Å²) in [4.78, 5) is 25.8. The summed E-state index contributed by atoms with van der Waals surface area (Å²) in [5, 5.41) is 2.86. The molecule has 1 aliphatic carbocycles. The summed E-state index contributed by atoms with van der Waals surface area (Å²) in [7, 11) is 0. The molecule has 206 valence electrons. The van der Waals surface area contributed by atoms with Crippen LogP contribution in [0.5, 0.6) is 5.88 Å². The van der Waals surface area contributed by atoms with Crippen LogP contribution in [0.3, 0.4) is 0 Å². The minimum Gasteiger partial charge on any atom is -0.468 e. The third kappa shape index (κ3) is 4.45. The summed E-state index contributed by atoms with van der Waals surface area (Å²) in [6.45, 7) is 3.44. The normalized spacial score (nSPS) is 23.6. The first-order chi connectivity index (χ1) is 19.1. The standard InChI is InChI=1S/C26H22F4N8OS/c1-12-3-5-32-18(35-12)11-39-19-10-34-21-16(37-19)4-6-33-22(21)36-13-7-14(20(28)15(27)8-13)25(2)17-9-26(17,23(29)30)40-24(31)38-25/h3-8,10,17,23H,9,11H2,1-2H3,(H2,31,38)(H,33,36)/t17?,25-,26+/m1/s1. The Bertz CT molecular complexity index is 1670.